The lowest BCUT2D eigenvalue weighted by molar-refractivity contribution is 0.172. The van der Waals surface area contributed by atoms with Crippen molar-refractivity contribution in [3.8, 4) is 0 Å². The minimum atomic E-state index is 0.213. The van der Waals surface area contributed by atoms with E-state index in [2.05, 4.69) is 48.0 Å². The first-order valence-electron chi connectivity index (χ1n) is 7.80. The average Bonchev–Trinajstić information content (AvgIpc) is 2.88. The van der Waals surface area contributed by atoms with Gasteiger partial charge in [0.1, 0.15) is 0 Å². The molecule has 1 aliphatic rings. The van der Waals surface area contributed by atoms with Crippen LogP contribution in [0.15, 0.2) is 41.8 Å². The molecule has 1 unspecified atom stereocenters. The first-order chi connectivity index (χ1) is 10.3. The first-order valence-corrected chi connectivity index (χ1v) is 9.05. The highest BCUT2D eigenvalue weighted by Gasteiger charge is 2.46. The quantitative estimate of drug-likeness (QED) is 0.734. The number of nitrogens with one attached hydrogen (secondary N) is 1. The second kappa shape index (κ2) is 6.51. The van der Waals surface area contributed by atoms with Crippen molar-refractivity contribution in [3.63, 3.8) is 0 Å². The molecule has 112 valence electrons. The van der Waals surface area contributed by atoms with Crippen LogP contribution in [0.2, 0.25) is 5.02 Å². The Kier molecular flexibility index (Phi) is 4.68. The number of rotatable bonds is 6. The Labute approximate surface area is 136 Å². The summed E-state index contributed by atoms with van der Waals surface area (Å²) in [7, 11) is 0. The largest absolute Gasteiger partial charge is 0.308 e. The summed E-state index contributed by atoms with van der Waals surface area (Å²) in [6.07, 6.45) is 4.94. The zero-order valence-corrected chi connectivity index (χ0v) is 14.0. The van der Waals surface area contributed by atoms with Gasteiger partial charge in [-0.1, -0.05) is 55.3 Å². The molecule has 1 aliphatic carbocycles. The van der Waals surface area contributed by atoms with Crippen molar-refractivity contribution < 1.29 is 0 Å². The smallest absolute Gasteiger partial charge is 0.0561 e. The Hall–Kier alpha value is -0.830. The van der Waals surface area contributed by atoms with Crippen LogP contribution in [0.5, 0.6) is 0 Å². The summed E-state index contributed by atoms with van der Waals surface area (Å²) in [5.41, 5.74) is 1.67. The van der Waals surface area contributed by atoms with Crippen molar-refractivity contribution in [3.05, 3.63) is 57.2 Å². The van der Waals surface area contributed by atoms with Crippen LogP contribution in [0.3, 0.4) is 0 Å². The van der Waals surface area contributed by atoms with Crippen LogP contribution in [-0.2, 0) is 5.41 Å². The molecular formula is C18H22ClNS. The van der Waals surface area contributed by atoms with Gasteiger partial charge >= 0.3 is 0 Å². The van der Waals surface area contributed by atoms with E-state index in [1.165, 1.54) is 29.7 Å². The lowest BCUT2D eigenvalue weighted by Crippen LogP contribution is -2.46. The molecule has 1 nitrogen and oxygen atoms in total. The second-order valence-electron chi connectivity index (χ2n) is 5.90. The molecule has 1 fully saturated rings. The van der Waals surface area contributed by atoms with Gasteiger partial charge in [0.15, 0.2) is 0 Å². The molecule has 1 aromatic heterocycles. The Morgan fingerprint density at radius 1 is 1.24 bits per heavy atom. The highest BCUT2D eigenvalue weighted by Crippen LogP contribution is 2.53. The minimum absolute atomic E-state index is 0.213. The van der Waals surface area contributed by atoms with Crippen LogP contribution >= 0.6 is 22.9 Å². The van der Waals surface area contributed by atoms with Crippen molar-refractivity contribution in [2.24, 2.45) is 0 Å². The molecule has 3 heteroatoms. The first kappa shape index (κ1) is 15.1. The molecule has 1 N–H and O–H groups in total. The summed E-state index contributed by atoms with van der Waals surface area (Å²) in [6, 6.07) is 13.3. The Bertz CT molecular complexity index is 574. The van der Waals surface area contributed by atoms with Gasteiger partial charge in [0.2, 0.25) is 0 Å². The molecule has 0 radical (unpaired) electrons. The molecule has 21 heavy (non-hydrogen) atoms. The summed E-state index contributed by atoms with van der Waals surface area (Å²) in [5, 5.41) is 6.80. The number of halogens is 1. The van der Waals surface area contributed by atoms with Crippen LogP contribution in [0.1, 0.15) is 49.1 Å². The van der Waals surface area contributed by atoms with E-state index in [4.69, 9.17) is 11.6 Å². The molecule has 0 saturated heterocycles. The van der Waals surface area contributed by atoms with Crippen LogP contribution < -0.4 is 5.32 Å². The van der Waals surface area contributed by atoms with E-state index in [1.54, 1.807) is 11.3 Å². The van der Waals surface area contributed by atoms with Crippen LogP contribution in [0, 0.1) is 0 Å². The summed E-state index contributed by atoms with van der Waals surface area (Å²) in [6.45, 7) is 3.25. The molecular weight excluding hydrogens is 298 g/mol. The summed E-state index contributed by atoms with van der Waals surface area (Å²) < 4.78 is 0. The van der Waals surface area contributed by atoms with Gasteiger partial charge in [0.05, 0.1) is 11.1 Å². The molecule has 1 saturated carbocycles. The zero-order valence-electron chi connectivity index (χ0n) is 12.4. The van der Waals surface area contributed by atoms with Gasteiger partial charge in [-0.25, -0.2) is 0 Å². The fourth-order valence-corrected chi connectivity index (χ4v) is 4.77. The lowest BCUT2D eigenvalue weighted by Gasteiger charge is -2.48. The van der Waals surface area contributed by atoms with Crippen molar-refractivity contribution in [2.45, 2.75) is 44.1 Å². The van der Waals surface area contributed by atoms with Crippen LogP contribution in [0.4, 0.5) is 0 Å². The van der Waals surface area contributed by atoms with E-state index in [9.17, 15) is 0 Å². The Balaban J connectivity index is 2.00. The van der Waals surface area contributed by atoms with Crippen molar-refractivity contribution in [2.75, 3.05) is 6.54 Å². The fraction of sp³-hybridized carbons (Fsp3) is 0.444. The van der Waals surface area contributed by atoms with Crippen molar-refractivity contribution in [1.82, 2.24) is 5.32 Å². The van der Waals surface area contributed by atoms with E-state index in [0.717, 1.165) is 18.0 Å². The molecule has 0 spiro atoms. The van der Waals surface area contributed by atoms with E-state index < -0.39 is 0 Å². The van der Waals surface area contributed by atoms with Gasteiger partial charge in [-0.05, 0) is 42.8 Å². The average molecular weight is 320 g/mol. The third-order valence-electron chi connectivity index (χ3n) is 4.65. The number of benzene rings is 1. The Morgan fingerprint density at radius 2 is 2.00 bits per heavy atom. The lowest BCUT2D eigenvalue weighted by atomic mass is 9.59. The van der Waals surface area contributed by atoms with Crippen LogP contribution in [0.25, 0.3) is 0 Å². The predicted octanol–water partition coefficient (Wildman–Crippen LogP) is 5.56. The van der Waals surface area contributed by atoms with Gasteiger partial charge in [0, 0.05) is 10.3 Å². The normalized spacial score (nSPS) is 18.2. The molecule has 1 aromatic carbocycles. The predicted molar refractivity (Wildman–Crippen MR) is 92.3 cm³/mol. The van der Waals surface area contributed by atoms with Gasteiger partial charge in [-0.15, -0.1) is 11.3 Å². The van der Waals surface area contributed by atoms with Gasteiger partial charge in [-0.3, -0.25) is 0 Å². The van der Waals surface area contributed by atoms with E-state index in [0.29, 0.717) is 6.04 Å². The summed E-state index contributed by atoms with van der Waals surface area (Å²) in [5.74, 6) is 0. The SMILES string of the molecule is CCCNC(c1sccc1Cl)C1(c2ccccc2)CCC1. The van der Waals surface area contributed by atoms with Crippen molar-refractivity contribution in [1.29, 1.82) is 0 Å². The molecule has 0 bridgehead atoms. The zero-order chi connectivity index (χ0) is 14.7. The topological polar surface area (TPSA) is 12.0 Å². The number of thiophene rings is 1. The molecule has 1 atom stereocenters. The van der Waals surface area contributed by atoms with Crippen LogP contribution in [-0.4, -0.2) is 6.54 Å². The second-order valence-corrected chi connectivity index (χ2v) is 7.25. The number of hydrogen-bond donors (Lipinski definition) is 1. The van der Waals surface area contributed by atoms with Gasteiger partial charge < -0.3 is 5.32 Å². The van der Waals surface area contributed by atoms with E-state index in [1.807, 2.05) is 6.07 Å². The van der Waals surface area contributed by atoms with Gasteiger partial charge in [-0.2, -0.15) is 0 Å². The minimum Gasteiger partial charge on any atom is -0.308 e. The highest BCUT2D eigenvalue weighted by molar-refractivity contribution is 7.10. The highest BCUT2D eigenvalue weighted by atomic mass is 35.5. The molecule has 3 rings (SSSR count). The Morgan fingerprint density at radius 3 is 2.52 bits per heavy atom. The maximum absolute atomic E-state index is 6.46. The third kappa shape index (κ3) is 2.77. The van der Waals surface area contributed by atoms with Gasteiger partial charge in [0.25, 0.3) is 0 Å². The summed E-state index contributed by atoms with van der Waals surface area (Å²) in [4.78, 5) is 1.30. The van der Waals surface area contributed by atoms with Crippen molar-refractivity contribution >= 4 is 22.9 Å². The maximum Gasteiger partial charge on any atom is 0.0561 e. The molecule has 2 aromatic rings. The maximum atomic E-state index is 6.46. The molecule has 0 amide bonds. The molecule has 0 aliphatic heterocycles. The summed E-state index contributed by atoms with van der Waals surface area (Å²) >= 11 is 8.24. The third-order valence-corrected chi connectivity index (χ3v) is 6.08. The molecule has 1 heterocycles. The van der Waals surface area contributed by atoms with E-state index >= 15 is 0 Å². The standard InChI is InChI=1S/C18H22ClNS/c1-2-12-20-17(16-15(19)9-13-21-16)18(10-6-11-18)14-7-4-3-5-8-14/h3-5,7-9,13,17,20H,2,6,10-12H2,1H3. The monoisotopic (exact) mass is 319 g/mol. The fourth-order valence-electron chi connectivity index (χ4n) is 3.41. The number of hydrogen-bond acceptors (Lipinski definition) is 2. The van der Waals surface area contributed by atoms with E-state index in [-0.39, 0.29) is 5.41 Å².